The maximum absolute atomic E-state index is 4.18. The quantitative estimate of drug-likeness (QED) is 0.523. The maximum atomic E-state index is 4.18. The van der Waals surface area contributed by atoms with Gasteiger partial charge < -0.3 is 0 Å². The molecule has 0 saturated heterocycles. The highest BCUT2D eigenvalue weighted by atomic mass is 15.2. The third-order valence-corrected chi connectivity index (χ3v) is 2.53. The number of hydrogen-bond acceptors (Lipinski definition) is 2. The van der Waals surface area contributed by atoms with Crippen molar-refractivity contribution in [3.8, 4) is 0 Å². The van der Waals surface area contributed by atoms with Crippen molar-refractivity contribution in [3.05, 3.63) is 35.4 Å². The Kier molecular flexibility index (Phi) is 8.77. The van der Waals surface area contributed by atoms with Crippen molar-refractivity contribution < 1.29 is 0 Å². The fraction of sp³-hybridized carbons (Fsp3) is 0.529. The molecule has 2 nitrogen and oxygen atoms in total. The fourth-order valence-corrected chi connectivity index (χ4v) is 1.54. The molecule has 1 aromatic rings. The number of nitrogens with zero attached hydrogens (tertiary/aromatic N) is 2. The van der Waals surface area contributed by atoms with Crippen molar-refractivity contribution in [2.75, 3.05) is 0 Å². The Labute approximate surface area is 118 Å². The van der Waals surface area contributed by atoms with Crippen LogP contribution in [0.15, 0.2) is 34.5 Å². The summed E-state index contributed by atoms with van der Waals surface area (Å²) in [6.07, 6.45) is 0.870. The summed E-state index contributed by atoms with van der Waals surface area (Å²) in [5.41, 5.74) is 4.70. The third-order valence-electron chi connectivity index (χ3n) is 2.53. The lowest BCUT2D eigenvalue weighted by Gasteiger charge is -2.06. The standard InChI is InChI=1S/C15H22N2.C2H6/c1-11(2)15-8-6-14(7-9-15)10-13(5)17-16-12(3)4;1-2/h6-9,11H,10H2,1-5H3;1-2H3/b17-13+;. The predicted octanol–water partition coefficient (Wildman–Crippen LogP) is 5.24. The maximum Gasteiger partial charge on any atom is 0.0418 e. The van der Waals surface area contributed by atoms with Crippen LogP contribution in [-0.2, 0) is 6.42 Å². The molecule has 2 heteroatoms. The zero-order valence-electron chi connectivity index (χ0n) is 13.5. The average molecular weight is 260 g/mol. The van der Waals surface area contributed by atoms with Crippen molar-refractivity contribution in [3.63, 3.8) is 0 Å². The lowest BCUT2D eigenvalue weighted by molar-refractivity contribution is 0.865. The number of rotatable bonds is 4. The summed E-state index contributed by atoms with van der Waals surface area (Å²) in [5, 5.41) is 8.25. The first kappa shape index (κ1) is 17.6. The number of benzene rings is 1. The van der Waals surface area contributed by atoms with Gasteiger partial charge in [-0.15, -0.1) is 0 Å². The van der Waals surface area contributed by atoms with E-state index in [2.05, 4.69) is 48.3 Å². The molecule has 1 rings (SSSR count). The van der Waals surface area contributed by atoms with Crippen molar-refractivity contribution in [1.29, 1.82) is 0 Å². The van der Waals surface area contributed by atoms with E-state index in [-0.39, 0.29) is 0 Å². The Morgan fingerprint density at radius 2 is 1.47 bits per heavy atom. The first-order valence-corrected chi connectivity index (χ1v) is 7.12. The Morgan fingerprint density at radius 3 is 1.89 bits per heavy atom. The molecule has 0 fully saturated rings. The molecule has 0 saturated carbocycles. The monoisotopic (exact) mass is 260 g/mol. The molecule has 0 bridgehead atoms. The van der Waals surface area contributed by atoms with Crippen molar-refractivity contribution in [2.45, 2.75) is 60.8 Å². The van der Waals surface area contributed by atoms with Crippen LogP contribution in [0.5, 0.6) is 0 Å². The van der Waals surface area contributed by atoms with E-state index in [1.807, 2.05) is 34.6 Å². The highest BCUT2D eigenvalue weighted by molar-refractivity contribution is 5.85. The van der Waals surface area contributed by atoms with Crippen molar-refractivity contribution in [1.82, 2.24) is 0 Å². The second-order valence-electron chi connectivity index (χ2n) is 4.96. The van der Waals surface area contributed by atoms with E-state index in [4.69, 9.17) is 0 Å². The predicted molar refractivity (Wildman–Crippen MR) is 87.5 cm³/mol. The molecule has 0 amide bonds. The summed E-state index contributed by atoms with van der Waals surface area (Å²) >= 11 is 0. The van der Waals surface area contributed by atoms with Crippen LogP contribution in [0.25, 0.3) is 0 Å². The van der Waals surface area contributed by atoms with Gasteiger partial charge in [-0.3, -0.25) is 0 Å². The topological polar surface area (TPSA) is 24.7 Å². The lowest BCUT2D eigenvalue weighted by atomic mass is 10.0. The zero-order valence-corrected chi connectivity index (χ0v) is 13.5. The van der Waals surface area contributed by atoms with Crippen LogP contribution in [-0.4, -0.2) is 11.4 Å². The summed E-state index contributed by atoms with van der Waals surface area (Å²) in [7, 11) is 0. The van der Waals surface area contributed by atoms with Crippen LogP contribution < -0.4 is 0 Å². The first-order chi connectivity index (χ1) is 8.99. The highest BCUT2D eigenvalue weighted by Gasteiger charge is 2.00. The summed E-state index contributed by atoms with van der Waals surface area (Å²) in [6.45, 7) is 14.3. The number of hydrogen-bond donors (Lipinski definition) is 0. The van der Waals surface area contributed by atoms with Gasteiger partial charge in [0.15, 0.2) is 0 Å². The van der Waals surface area contributed by atoms with Gasteiger partial charge in [0.05, 0.1) is 0 Å². The van der Waals surface area contributed by atoms with Crippen molar-refractivity contribution in [2.24, 2.45) is 10.2 Å². The van der Waals surface area contributed by atoms with Gasteiger partial charge in [0.1, 0.15) is 0 Å². The van der Waals surface area contributed by atoms with Crippen LogP contribution >= 0.6 is 0 Å². The highest BCUT2D eigenvalue weighted by Crippen LogP contribution is 2.15. The van der Waals surface area contributed by atoms with Gasteiger partial charge in [-0.25, -0.2) is 0 Å². The molecule has 0 aliphatic rings. The normalized spacial score (nSPS) is 10.8. The van der Waals surface area contributed by atoms with E-state index in [1.165, 1.54) is 11.1 Å². The molecule has 1 aromatic carbocycles. The van der Waals surface area contributed by atoms with Gasteiger partial charge in [-0.2, -0.15) is 10.2 Å². The summed E-state index contributed by atoms with van der Waals surface area (Å²) in [5.74, 6) is 0.589. The summed E-state index contributed by atoms with van der Waals surface area (Å²) in [4.78, 5) is 0. The van der Waals surface area contributed by atoms with E-state index in [9.17, 15) is 0 Å². The molecule has 0 spiro atoms. The van der Waals surface area contributed by atoms with E-state index < -0.39 is 0 Å². The van der Waals surface area contributed by atoms with Crippen LogP contribution in [0.4, 0.5) is 0 Å². The van der Waals surface area contributed by atoms with Crippen molar-refractivity contribution >= 4 is 11.4 Å². The van der Waals surface area contributed by atoms with E-state index in [1.54, 1.807) is 0 Å². The minimum atomic E-state index is 0.589. The average Bonchev–Trinajstić information content (AvgIpc) is 2.39. The molecule has 0 radical (unpaired) electrons. The first-order valence-electron chi connectivity index (χ1n) is 7.12. The van der Waals surface area contributed by atoms with Crippen LogP contribution in [0, 0.1) is 0 Å². The molecule has 0 aromatic heterocycles. The van der Waals surface area contributed by atoms with Gasteiger partial charge in [-0.05, 0) is 37.8 Å². The molecule has 0 N–H and O–H groups in total. The van der Waals surface area contributed by atoms with Gasteiger partial charge in [0.2, 0.25) is 0 Å². The Bertz CT molecular complexity index is 407. The van der Waals surface area contributed by atoms with E-state index >= 15 is 0 Å². The zero-order chi connectivity index (χ0) is 14.8. The minimum Gasteiger partial charge on any atom is -0.161 e. The molecule has 19 heavy (non-hydrogen) atoms. The van der Waals surface area contributed by atoms with Gasteiger partial charge >= 0.3 is 0 Å². The summed E-state index contributed by atoms with van der Waals surface area (Å²) in [6, 6.07) is 8.75. The van der Waals surface area contributed by atoms with Crippen LogP contribution in [0.2, 0.25) is 0 Å². The molecule has 0 atom stereocenters. The largest absolute Gasteiger partial charge is 0.161 e. The van der Waals surface area contributed by atoms with Crippen LogP contribution in [0.3, 0.4) is 0 Å². The third kappa shape index (κ3) is 7.55. The second kappa shape index (κ2) is 9.48. The Balaban J connectivity index is 0.00000154. The van der Waals surface area contributed by atoms with Gasteiger partial charge in [-0.1, -0.05) is 52.0 Å². The second-order valence-corrected chi connectivity index (χ2v) is 4.96. The molecular formula is C17H28N2. The van der Waals surface area contributed by atoms with E-state index in [0.29, 0.717) is 5.92 Å². The SMILES string of the molecule is CC.CC(C)=N/N=C(\C)Cc1ccc(C(C)C)cc1. The molecule has 0 aliphatic heterocycles. The summed E-state index contributed by atoms with van der Waals surface area (Å²) < 4.78 is 0. The smallest absolute Gasteiger partial charge is 0.0418 e. The lowest BCUT2D eigenvalue weighted by Crippen LogP contribution is -1.98. The van der Waals surface area contributed by atoms with Gasteiger partial charge in [0.25, 0.3) is 0 Å². The molecule has 0 heterocycles. The van der Waals surface area contributed by atoms with E-state index in [0.717, 1.165) is 17.8 Å². The molecule has 0 unspecified atom stereocenters. The Morgan fingerprint density at radius 1 is 0.947 bits per heavy atom. The molecular weight excluding hydrogens is 232 g/mol. The minimum absolute atomic E-state index is 0.589. The van der Waals surface area contributed by atoms with Crippen LogP contribution in [0.1, 0.15) is 65.5 Å². The molecule has 106 valence electrons. The molecule has 0 aliphatic carbocycles. The van der Waals surface area contributed by atoms with Gasteiger partial charge in [0, 0.05) is 17.8 Å². The fourth-order valence-electron chi connectivity index (χ4n) is 1.54. The Hall–Kier alpha value is -1.44.